The third-order valence-corrected chi connectivity index (χ3v) is 4.68. The van der Waals surface area contributed by atoms with Crippen molar-refractivity contribution in [1.29, 1.82) is 5.26 Å². The summed E-state index contributed by atoms with van der Waals surface area (Å²) < 4.78 is 24.7. The Morgan fingerprint density at radius 2 is 1.91 bits per heavy atom. The average Bonchev–Trinajstić information content (AvgIpc) is 2.49. The molecular weight excluding hydrogens is 324 g/mol. The van der Waals surface area contributed by atoms with Gasteiger partial charge in [-0.25, -0.2) is 8.42 Å². The number of phenols is 2. The van der Waals surface area contributed by atoms with Crippen molar-refractivity contribution in [1.82, 2.24) is 0 Å². The van der Waals surface area contributed by atoms with Crippen molar-refractivity contribution in [2.24, 2.45) is 0 Å². The fourth-order valence-corrected chi connectivity index (χ4v) is 3.30. The van der Waals surface area contributed by atoms with Gasteiger partial charge in [0.15, 0.2) is 15.6 Å². The smallest absolute Gasteiger partial charge is 0.315 e. The van der Waals surface area contributed by atoms with E-state index in [1.807, 2.05) is 6.07 Å². The van der Waals surface area contributed by atoms with Crippen LogP contribution < -0.4 is 0 Å². The van der Waals surface area contributed by atoms with Crippen molar-refractivity contribution in [3.05, 3.63) is 57.6 Å². The third kappa shape index (κ3) is 3.38. The van der Waals surface area contributed by atoms with Gasteiger partial charge in [0.2, 0.25) is 5.75 Å². The third-order valence-electron chi connectivity index (χ3n) is 3.01. The van der Waals surface area contributed by atoms with Crippen molar-refractivity contribution in [3.8, 4) is 17.6 Å². The Morgan fingerprint density at radius 1 is 1.22 bits per heavy atom. The van der Waals surface area contributed by atoms with Gasteiger partial charge in [-0.05, 0) is 17.7 Å². The van der Waals surface area contributed by atoms with Crippen LogP contribution in [0.5, 0.6) is 11.5 Å². The highest BCUT2D eigenvalue weighted by atomic mass is 32.2. The number of sulfone groups is 1. The molecule has 2 N–H and O–H groups in total. The molecule has 23 heavy (non-hydrogen) atoms. The summed E-state index contributed by atoms with van der Waals surface area (Å²) in [4.78, 5) is 9.30. The first kappa shape index (κ1) is 16.3. The van der Waals surface area contributed by atoms with E-state index < -0.39 is 42.6 Å². The average molecular weight is 334 g/mol. The lowest BCUT2D eigenvalue weighted by molar-refractivity contribution is -0.386. The maximum Gasteiger partial charge on any atom is 0.315 e. The number of nitrogens with zero attached hydrogens (tertiary/aromatic N) is 2. The lowest BCUT2D eigenvalue weighted by atomic mass is 10.2. The van der Waals surface area contributed by atoms with E-state index in [1.165, 1.54) is 24.3 Å². The molecule has 0 fully saturated rings. The summed E-state index contributed by atoms with van der Waals surface area (Å²) >= 11 is 0. The Kier molecular flexibility index (Phi) is 4.20. The lowest BCUT2D eigenvalue weighted by Gasteiger charge is -2.07. The molecule has 8 nitrogen and oxygen atoms in total. The minimum Gasteiger partial charge on any atom is -0.504 e. The van der Waals surface area contributed by atoms with Crippen LogP contribution in [-0.2, 0) is 15.6 Å². The summed E-state index contributed by atoms with van der Waals surface area (Å²) in [6, 6.07) is 9.19. The second-order valence-corrected chi connectivity index (χ2v) is 6.63. The van der Waals surface area contributed by atoms with Gasteiger partial charge in [0, 0.05) is 12.1 Å². The summed E-state index contributed by atoms with van der Waals surface area (Å²) in [6.07, 6.45) is 0. The molecule has 2 aromatic carbocycles. The molecular formula is C14H10N2O6S. The van der Waals surface area contributed by atoms with E-state index in [1.54, 1.807) is 0 Å². The van der Waals surface area contributed by atoms with Gasteiger partial charge in [0.1, 0.15) is 0 Å². The Hall–Kier alpha value is -3.12. The number of aromatic hydroxyl groups is 2. The van der Waals surface area contributed by atoms with Crippen LogP contribution >= 0.6 is 0 Å². The number of benzene rings is 2. The predicted molar refractivity (Wildman–Crippen MR) is 78.5 cm³/mol. The molecule has 0 aromatic heterocycles. The molecule has 0 aliphatic rings. The summed E-state index contributed by atoms with van der Waals surface area (Å²) in [5, 5.41) is 38.5. The zero-order valence-electron chi connectivity index (χ0n) is 11.5. The molecule has 2 aromatic rings. The van der Waals surface area contributed by atoms with E-state index in [0.717, 1.165) is 6.07 Å². The van der Waals surface area contributed by atoms with Crippen molar-refractivity contribution in [2.45, 2.75) is 10.6 Å². The molecule has 9 heteroatoms. The van der Waals surface area contributed by atoms with Crippen LogP contribution in [0.1, 0.15) is 11.1 Å². The van der Waals surface area contributed by atoms with Crippen molar-refractivity contribution in [2.75, 3.05) is 0 Å². The van der Waals surface area contributed by atoms with Gasteiger partial charge in [0.05, 0.1) is 27.2 Å². The minimum absolute atomic E-state index is 0.275. The zero-order valence-corrected chi connectivity index (χ0v) is 12.3. The maximum atomic E-state index is 12.3. The van der Waals surface area contributed by atoms with Gasteiger partial charge >= 0.3 is 5.69 Å². The molecule has 0 radical (unpaired) electrons. The number of hydrogen-bond donors (Lipinski definition) is 2. The summed E-state index contributed by atoms with van der Waals surface area (Å²) in [6.45, 7) is 0. The molecule has 0 saturated carbocycles. The van der Waals surface area contributed by atoms with E-state index in [-0.39, 0.29) is 5.56 Å². The molecule has 0 spiro atoms. The first-order chi connectivity index (χ1) is 10.7. The van der Waals surface area contributed by atoms with E-state index >= 15 is 0 Å². The second-order valence-electron chi connectivity index (χ2n) is 4.64. The van der Waals surface area contributed by atoms with Crippen LogP contribution in [-0.4, -0.2) is 23.6 Å². The Balaban J connectivity index is 2.48. The second kappa shape index (κ2) is 5.94. The summed E-state index contributed by atoms with van der Waals surface area (Å²) in [7, 11) is -4.02. The largest absolute Gasteiger partial charge is 0.504 e. The van der Waals surface area contributed by atoms with Gasteiger partial charge in [-0.15, -0.1) is 0 Å². The molecule has 0 bridgehead atoms. The number of nitriles is 1. The van der Waals surface area contributed by atoms with Gasteiger partial charge < -0.3 is 10.2 Å². The lowest BCUT2D eigenvalue weighted by Crippen LogP contribution is -2.06. The zero-order chi connectivity index (χ0) is 17.2. The van der Waals surface area contributed by atoms with Crippen LogP contribution in [0.4, 0.5) is 5.69 Å². The summed E-state index contributed by atoms with van der Waals surface area (Å²) in [5.41, 5.74) is -0.314. The molecule has 0 heterocycles. The van der Waals surface area contributed by atoms with Crippen molar-refractivity contribution in [3.63, 3.8) is 0 Å². The first-order valence-corrected chi connectivity index (χ1v) is 7.82. The standard InChI is InChI=1S/C14H10N2O6S/c15-7-9-2-1-3-10(4-9)8-23(21,22)11-5-12(16(19)20)14(18)13(17)6-11/h1-6,17-18H,8H2. The van der Waals surface area contributed by atoms with E-state index in [9.17, 15) is 28.7 Å². The number of nitro groups is 1. The number of phenolic OH excluding ortho intramolecular Hbond substituents is 2. The predicted octanol–water partition coefficient (Wildman–Crippen LogP) is 1.85. The maximum absolute atomic E-state index is 12.3. The fourth-order valence-electron chi connectivity index (χ4n) is 1.93. The molecule has 2 rings (SSSR count). The SMILES string of the molecule is N#Cc1cccc(CS(=O)(=O)c2cc(O)c(O)c([N+](=O)[O-])c2)c1. The van der Waals surface area contributed by atoms with Crippen molar-refractivity contribution >= 4 is 15.5 Å². The number of rotatable bonds is 4. The Bertz CT molecular complexity index is 931. The highest BCUT2D eigenvalue weighted by Crippen LogP contribution is 2.38. The van der Waals surface area contributed by atoms with Crippen LogP contribution in [0.3, 0.4) is 0 Å². The minimum atomic E-state index is -4.02. The fraction of sp³-hybridized carbons (Fsp3) is 0.0714. The summed E-state index contributed by atoms with van der Waals surface area (Å²) in [5.74, 6) is -2.41. The molecule has 0 amide bonds. The Morgan fingerprint density at radius 3 is 2.52 bits per heavy atom. The van der Waals surface area contributed by atoms with Crippen LogP contribution in [0, 0.1) is 21.4 Å². The highest BCUT2D eigenvalue weighted by Gasteiger charge is 2.25. The van der Waals surface area contributed by atoms with Gasteiger partial charge in [0.25, 0.3) is 0 Å². The molecule has 118 valence electrons. The molecule has 0 saturated heterocycles. The van der Waals surface area contributed by atoms with Crippen LogP contribution in [0.15, 0.2) is 41.3 Å². The van der Waals surface area contributed by atoms with Crippen LogP contribution in [0.2, 0.25) is 0 Å². The van der Waals surface area contributed by atoms with E-state index in [4.69, 9.17) is 5.26 Å². The van der Waals surface area contributed by atoms with Crippen molar-refractivity contribution < 1.29 is 23.6 Å². The molecule has 0 aliphatic carbocycles. The first-order valence-electron chi connectivity index (χ1n) is 6.17. The van der Waals surface area contributed by atoms with Crippen LogP contribution in [0.25, 0.3) is 0 Å². The molecule has 0 unspecified atom stereocenters. The topological polar surface area (TPSA) is 142 Å². The molecule has 0 aliphatic heterocycles. The van der Waals surface area contributed by atoms with Gasteiger partial charge in [-0.3, -0.25) is 10.1 Å². The number of hydrogen-bond acceptors (Lipinski definition) is 7. The normalized spacial score (nSPS) is 10.9. The van der Waals surface area contributed by atoms with Gasteiger partial charge in [-0.2, -0.15) is 5.26 Å². The van der Waals surface area contributed by atoms with E-state index in [2.05, 4.69) is 0 Å². The number of nitro benzene ring substituents is 1. The van der Waals surface area contributed by atoms with Gasteiger partial charge in [-0.1, -0.05) is 12.1 Å². The molecule has 0 atom stereocenters. The quantitative estimate of drug-likeness (QED) is 0.493. The highest BCUT2D eigenvalue weighted by molar-refractivity contribution is 7.90. The monoisotopic (exact) mass is 334 g/mol. The Labute approximate surface area is 130 Å². The van der Waals surface area contributed by atoms with E-state index in [0.29, 0.717) is 11.6 Å².